The molecule has 0 bridgehead atoms. The first-order valence-corrected chi connectivity index (χ1v) is 13.2. The summed E-state index contributed by atoms with van der Waals surface area (Å²) in [6.07, 6.45) is 23.2. The zero-order chi connectivity index (χ0) is 21.0. The molecule has 0 aromatic heterocycles. The Kier molecular flexibility index (Phi) is 10.3. The predicted molar refractivity (Wildman–Crippen MR) is 130 cm³/mol. The zero-order valence-corrected chi connectivity index (χ0v) is 19.8. The van der Waals surface area contributed by atoms with E-state index in [2.05, 4.69) is 44.2 Å². The van der Waals surface area contributed by atoms with Crippen molar-refractivity contribution in [3.05, 3.63) is 41.5 Å². The third kappa shape index (κ3) is 7.78. The van der Waals surface area contributed by atoms with Crippen LogP contribution in [-0.4, -0.2) is 6.61 Å². The molecule has 1 nitrogen and oxygen atoms in total. The summed E-state index contributed by atoms with van der Waals surface area (Å²) in [5, 5.41) is 0. The second kappa shape index (κ2) is 13.2. The van der Waals surface area contributed by atoms with Crippen molar-refractivity contribution in [2.45, 2.75) is 110 Å². The van der Waals surface area contributed by atoms with E-state index in [-0.39, 0.29) is 0 Å². The molecule has 0 N–H and O–H groups in total. The lowest BCUT2D eigenvalue weighted by molar-refractivity contribution is 0.185. The number of allylic oxidation sites excluding steroid dienone is 2. The molecule has 2 aliphatic rings. The molecule has 30 heavy (non-hydrogen) atoms. The molecule has 0 heterocycles. The van der Waals surface area contributed by atoms with Gasteiger partial charge in [0, 0.05) is 0 Å². The average molecular weight is 411 g/mol. The lowest BCUT2D eigenvalue weighted by Crippen LogP contribution is -2.23. The van der Waals surface area contributed by atoms with Crippen LogP contribution in [0.3, 0.4) is 0 Å². The smallest absolute Gasteiger partial charge is 0.119 e. The minimum atomic E-state index is 0.849. The molecule has 1 heteroatoms. The van der Waals surface area contributed by atoms with Crippen molar-refractivity contribution in [1.29, 1.82) is 0 Å². The van der Waals surface area contributed by atoms with E-state index >= 15 is 0 Å². The number of ether oxygens (including phenoxy) is 1. The van der Waals surface area contributed by atoms with Gasteiger partial charge in [-0.25, -0.2) is 0 Å². The second-order valence-electron chi connectivity index (χ2n) is 10.0. The van der Waals surface area contributed by atoms with Gasteiger partial charge in [0.2, 0.25) is 0 Å². The summed E-state index contributed by atoms with van der Waals surface area (Å²) >= 11 is 0. The molecule has 0 radical (unpaired) electrons. The number of benzene rings is 1. The van der Waals surface area contributed by atoms with Gasteiger partial charge < -0.3 is 4.74 Å². The van der Waals surface area contributed by atoms with Gasteiger partial charge in [0.05, 0.1) is 6.61 Å². The van der Waals surface area contributed by atoms with E-state index in [4.69, 9.17) is 4.74 Å². The molecule has 0 aliphatic heterocycles. The van der Waals surface area contributed by atoms with E-state index < -0.39 is 0 Å². The lowest BCUT2D eigenvalue weighted by Gasteiger charge is -2.35. The number of unbranched alkanes of at least 4 members (excludes halogenated alkanes) is 3. The van der Waals surface area contributed by atoms with E-state index in [1.165, 1.54) is 95.5 Å². The van der Waals surface area contributed by atoms with Gasteiger partial charge in [0.15, 0.2) is 0 Å². The van der Waals surface area contributed by atoms with Crippen molar-refractivity contribution >= 4 is 0 Å². The van der Waals surface area contributed by atoms with Gasteiger partial charge in [-0.3, -0.25) is 0 Å². The molecule has 0 spiro atoms. The van der Waals surface area contributed by atoms with Gasteiger partial charge in [-0.2, -0.15) is 0 Å². The van der Waals surface area contributed by atoms with Gasteiger partial charge in [0.25, 0.3) is 0 Å². The first kappa shape index (κ1) is 23.4. The minimum absolute atomic E-state index is 0.849. The monoisotopic (exact) mass is 410 g/mol. The largest absolute Gasteiger partial charge is 0.494 e. The highest BCUT2D eigenvalue weighted by atomic mass is 16.5. The third-order valence-corrected chi connectivity index (χ3v) is 7.74. The van der Waals surface area contributed by atoms with Crippen molar-refractivity contribution in [3.8, 4) is 5.75 Å². The van der Waals surface area contributed by atoms with Crippen molar-refractivity contribution < 1.29 is 4.74 Å². The molecule has 3 rings (SSSR count). The highest BCUT2D eigenvalue weighted by molar-refractivity contribution is 5.28. The lowest BCUT2D eigenvalue weighted by atomic mass is 9.70. The first-order chi connectivity index (χ1) is 14.8. The van der Waals surface area contributed by atoms with Gasteiger partial charge in [-0.1, -0.05) is 82.6 Å². The number of hydrogen-bond donors (Lipinski definition) is 0. The Bertz CT molecular complexity index is 606. The summed E-state index contributed by atoms with van der Waals surface area (Å²) in [7, 11) is 0. The highest BCUT2D eigenvalue weighted by Crippen LogP contribution is 2.41. The summed E-state index contributed by atoms with van der Waals surface area (Å²) in [5.41, 5.74) is 3.16. The first-order valence-electron chi connectivity index (χ1n) is 13.2. The van der Waals surface area contributed by atoms with E-state index in [0.717, 1.165) is 36.5 Å². The predicted octanol–water partition coefficient (Wildman–Crippen LogP) is 8.91. The van der Waals surface area contributed by atoms with Crippen LogP contribution in [0.15, 0.2) is 35.9 Å². The standard InChI is InChI=1S/C29H46O/c1-3-5-7-23-30-29-21-15-26(16-22-29)10-9-25-13-19-28(20-14-25)27-17-11-24(12-18-27)8-6-4-2/h13,15-16,21-22,24,27-28H,3-12,14,17-20,23H2,1-2H3/t24-,27-,28?. The topological polar surface area (TPSA) is 9.23 Å². The summed E-state index contributed by atoms with van der Waals surface area (Å²) < 4.78 is 5.84. The van der Waals surface area contributed by atoms with Crippen LogP contribution in [0.1, 0.15) is 109 Å². The minimum Gasteiger partial charge on any atom is -0.494 e. The van der Waals surface area contributed by atoms with Gasteiger partial charge in [0.1, 0.15) is 5.75 Å². The van der Waals surface area contributed by atoms with Crippen molar-refractivity contribution in [2.24, 2.45) is 17.8 Å². The van der Waals surface area contributed by atoms with E-state index in [0.29, 0.717) is 0 Å². The van der Waals surface area contributed by atoms with Gasteiger partial charge >= 0.3 is 0 Å². The molecule has 0 amide bonds. The number of aryl methyl sites for hydroxylation is 1. The molecule has 168 valence electrons. The van der Waals surface area contributed by atoms with E-state index in [1.807, 2.05) is 0 Å². The number of rotatable bonds is 12. The summed E-state index contributed by atoms with van der Waals surface area (Å²) in [6.45, 7) is 5.41. The van der Waals surface area contributed by atoms with Gasteiger partial charge in [-0.05, 0) is 86.8 Å². The molecule has 1 saturated carbocycles. The van der Waals surface area contributed by atoms with Crippen LogP contribution in [0.25, 0.3) is 0 Å². The molecule has 1 atom stereocenters. The Balaban J connectivity index is 1.34. The summed E-state index contributed by atoms with van der Waals surface area (Å²) in [6, 6.07) is 8.84. The third-order valence-electron chi connectivity index (χ3n) is 7.74. The van der Waals surface area contributed by atoms with Crippen LogP contribution in [-0.2, 0) is 6.42 Å². The summed E-state index contributed by atoms with van der Waals surface area (Å²) in [4.78, 5) is 0. The fraction of sp³-hybridized carbons (Fsp3) is 0.724. The fourth-order valence-corrected chi connectivity index (χ4v) is 5.60. The van der Waals surface area contributed by atoms with Crippen LogP contribution >= 0.6 is 0 Å². The van der Waals surface area contributed by atoms with Crippen LogP contribution in [0.5, 0.6) is 5.75 Å². The van der Waals surface area contributed by atoms with E-state index in [9.17, 15) is 0 Å². The molecule has 1 aromatic rings. The zero-order valence-electron chi connectivity index (χ0n) is 19.8. The van der Waals surface area contributed by atoms with Crippen molar-refractivity contribution in [2.75, 3.05) is 6.61 Å². The Morgan fingerprint density at radius 2 is 1.57 bits per heavy atom. The van der Waals surface area contributed by atoms with Crippen molar-refractivity contribution in [1.82, 2.24) is 0 Å². The average Bonchev–Trinajstić information content (AvgIpc) is 2.81. The molecule has 1 aromatic carbocycles. The number of hydrogen-bond acceptors (Lipinski definition) is 1. The maximum absolute atomic E-state index is 5.84. The second-order valence-corrected chi connectivity index (χ2v) is 10.0. The van der Waals surface area contributed by atoms with Crippen molar-refractivity contribution in [3.63, 3.8) is 0 Å². The Morgan fingerprint density at radius 3 is 2.23 bits per heavy atom. The van der Waals surface area contributed by atoms with E-state index in [1.54, 1.807) is 5.57 Å². The molecular formula is C29H46O. The SMILES string of the molecule is CCCCCOc1ccc(CCC2=CCC([C@H]3CC[C@H](CCCC)CC3)CC2)cc1. The maximum atomic E-state index is 5.84. The van der Waals surface area contributed by atoms with Gasteiger partial charge in [-0.15, -0.1) is 0 Å². The maximum Gasteiger partial charge on any atom is 0.119 e. The molecule has 1 fully saturated rings. The normalized spacial score (nSPS) is 24.5. The Morgan fingerprint density at radius 1 is 0.800 bits per heavy atom. The van der Waals surface area contributed by atoms with Crippen LogP contribution < -0.4 is 4.74 Å². The summed E-state index contributed by atoms with van der Waals surface area (Å²) in [5.74, 6) is 4.07. The molecular weight excluding hydrogens is 364 g/mol. The quantitative estimate of drug-likeness (QED) is 0.247. The highest BCUT2D eigenvalue weighted by Gasteiger charge is 2.28. The molecule has 1 unspecified atom stereocenters. The Labute approximate surface area is 186 Å². The van der Waals surface area contributed by atoms with Crippen LogP contribution in [0.4, 0.5) is 0 Å². The van der Waals surface area contributed by atoms with Crippen LogP contribution in [0.2, 0.25) is 0 Å². The fourth-order valence-electron chi connectivity index (χ4n) is 5.60. The molecule has 2 aliphatic carbocycles. The molecule has 0 saturated heterocycles. The van der Waals surface area contributed by atoms with Crippen LogP contribution in [0, 0.1) is 17.8 Å². The Hall–Kier alpha value is -1.24.